The molecule has 0 saturated heterocycles. The zero-order valence-electron chi connectivity index (χ0n) is 12.1. The highest BCUT2D eigenvalue weighted by Gasteiger charge is 2.20. The van der Waals surface area contributed by atoms with E-state index < -0.39 is 10.8 Å². The van der Waals surface area contributed by atoms with Gasteiger partial charge in [-0.3, -0.25) is 14.9 Å². The molecule has 120 valence electrons. The molecule has 0 fully saturated rings. The summed E-state index contributed by atoms with van der Waals surface area (Å²) < 4.78 is 1.47. The number of carbonyl (C=O) groups excluding carboxylic acids is 1. The Morgan fingerprint density at radius 1 is 1.21 bits per heavy atom. The zero-order chi connectivity index (χ0) is 17.1. The topological polar surface area (TPSA) is 130 Å². The van der Waals surface area contributed by atoms with E-state index in [1.54, 1.807) is 0 Å². The van der Waals surface area contributed by atoms with Crippen molar-refractivity contribution in [1.29, 1.82) is 0 Å². The molecular weight excluding hydrogens is 332 g/mol. The summed E-state index contributed by atoms with van der Waals surface area (Å²) in [4.78, 5) is 22.2. The zero-order valence-corrected chi connectivity index (χ0v) is 12.9. The highest BCUT2D eigenvalue weighted by Crippen LogP contribution is 2.34. The van der Waals surface area contributed by atoms with Crippen molar-refractivity contribution in [3.05, 3.63) is 64.2 Å². The normalized spacial score (nSPS) is 10.5. The maximum atomic E-state index is 11.3. The highest BCUT2D eigenvalue weighted by atomic mass is 32.2. The van der Waals surface area contributed by atoms with Crippen molar-refractivity contribution in [1.82, 2.24) is 20.2 Å². The van der Waals surface area contributed by atoms with Gasteiger partial charge >= 0.3 is 0 Å². The third-order valence-corrected chi connectivity index (χ3v) is 4.09. The third-order valence-electron chi connectivity index (χ3n) is 3.08. The Labute approximate surface area is 139 Å². The number of primary amides is 1. The number of hydrogen-bond donors (Lipinski definition) is 1. The Kier molecular flexibility index (Phi) is 4.20. The molecule has 2 aromatic carbocycles. The minimum absolute atomic E-state index is 0.0636. The molecule has 0 aliphatic heterocycles. The Bertz CT molecular complexity index is 912. The number of rotatable bonds is 5. The van der Waals surface area contributed by atoms with Crippen LogP contribution in [-0.2, 0) is 0 Å². The van der Waals surface area contributed by atoms with E-state index in [0.717, 1.165) is 23.5 Å². The fraction of sp³-hybridized carbons (Fsp3) is 0. The van der Waals surface area contributed by atoms with Crippen LogP contribution in [0.15, 0.2) is 58.6 Å². The smallest absolute Gasteiger partial charge is 0.284 e. The maximum Gasteiger partial charge on any atom is 0.284 e. The molecule has 0 aliphatic carbocycles. The predicted molar refractivity (Wildman–Crippen MR) is 84.9 cm³/mol. The second kappa shape index (κ2) is 6.46. The monoisotopic (exact) mass is 342 g/mol. The van der Waals surface area contributed by atoms with E-state index in [2.05, 4.69) is 15.5 Å². The molecule has 0 aliphatic rings. The molecule has 2 N–H and O–H groups in total. The van der Waals surface area contributed by atoms with Crippen LogP contribution >= 0.6 is 11.8 Å². The number of nitro benzene ring substituents is 1. The Hall–Kier alpha value is -3.27. The van der Waals surface area contributed by atoms with Crippen molar-refractivity contribution >= 4 is 23.4 Å². The first-order chi connectivity index (χ1) is 11.6. The Morgan fingerprint density at radius 2 is 1.96 bits per heavy atom. The number of para-hydroxylation sites is 1. The minimum atomic E-state index is -0.733. The molecule has 1 aromatic heterocycles. The van der Waals surface area contributed by atoms with Gasteiger partial charge in [0.05, 0.1) is 15.5 Å². The molecule has 0 bridgehead atoms. The average Bonchev–Trinajstić information content (AvgIpc) is 3.03. The van der Waals surface area contributed by atoms with E-state index >= 15 is 0 Å². The lowest BCUT2D eigenvalue weighted by Crippen LogP contribution is -2.11. The summed E-state index contributed by atoms with van der Waals surface area (Å²) in [7, 11) is 0. The van der Waals surface area contributed by atoms with Gasteiger partial charge < -0.3 is 5.73 Å². The lowest BCUT2D eigenvalue weighted by Gasteiger charge is -2.05. The number of nitrogens with zero attached hydrogens (tertiary/aromatic N) is 5. The standard InChI is InChI=1S/C14H10N6O3S/c15-13(21)9-6-7-12(11(8-9)20(22)23)24-14-16-17-18-19(14)10-4-2-1-3-5-10/h1-8H,(H2,15,21). The number of aromatic nitrogens is 4. The fourth-order valence-corrected chi connectivity index (χ4v) is 2.85. The van der Waals surface area contributed by atoms with Crippen LogP contribution < -0.4 is 5.73 Å². The van der Waals surface area contributed by atoms with Gasteiger partial charge in [-0.1, -0.05) is 18.2 Å². The summed E-state index contributed by atoms with van der Waals surface area (Å²) in [6, 6.07) is 13.2. The molecule has 0 radical (unpaired) electrons. The Morgan fingerprint density at radius 3 is 2.62 bits per heavy atom. The largest absolute Gasteiger partial charge is 0.366 e. The van der Waals surface area contributed by atoms with E-state index in [9.17, 15) is 14.9 Å². The van der Waals surface area contributed by atoms with Crippen molar-refractivity contribution in [2.45, 2.75) is 10.1 Å². The molecule has 1 heterocycles. The van der Waals surface area contributed by atoms with E-state index in [1.807, 2.05) is 30.3 Å². The summed E-state index contributed by atoms with van der Waals surface area (Å²) in [5, 5.41) is 23.0. The molecule has 0 atom stereocenters. The van der Waals surface area contributed by atoms with Crippen molar-refractivity contribution in [3.63, 3.8) is 0 Å². The summed E-state index contributed by atoms with van der Waals surface area (Å²) in [6.45, 7) is 0. The van der Waals surface area contributed by atoms with Crippen LogP contribution in [-0.4, -0.2) is 31.0 Å². The van der Waals surface area contributed by atoms with Gasteiger partial charge in [0.25, 0.3) is 5.69 Å². The second-order valence-corrected chi connectivity index (χ2v) is 5.62. The number of nitrogens with two attached hydrogens (primary N) is 1. The molecule has 3 aromatic rings. The highest BCUT2D eigenvalue weighted by molar-refractivity contribution is 7.99. The van der Waals surface area contributed by atoms with E-state index in [-0.39, 0.29) is 11.3 Å². The number of amides is 1. The predicted octanol–water partition coefficient (Wildman–Crippen LogP) is 1.82. The maximum absolute atomic E-state index is 11.3. The average molecular weight is 342 g/mol. The van der Waals surface area contributed by atoms with E-state index in [4.69, 9.17) is 5.73 Å². The molecular formula is C14H10N6O3S. The van der Waals surface area contributed by atoms with Crippen LogP contribution in [0, 0.1) is 10.1 Å². The van der Waals surface area contributed by atoms with Crippen LogP contribution in [0.3, 0.4) is 0 Å². The van der Waals surface area contributed by atoms with Gasteiger partial charge in [-0.05, 0) is 46.5 Å². The molecule has 0 unspecified atom stereocenters. The van der Waals surface area contributed by atoms with Gasteiger partial charge in [-0.15, -0.1) is 5.10 Å². The number of hydrogen-bond acceptors (Lipinski definition) is 7. The van der Waals surface area contributed by atoms with Crippen molar-refractivity contribution < 1.29 is 9.72 Å². The first kappa shape index (κ1) is 15.6. The first-order valence-corrected chi connectivity index (χ1v) is 7.48. The molecule has 24 heavy (non-hydrogen) atoms. The number of benzene rings is 2. The van der Waals surface area contributed by atoms with Gasteiger partial charge in [0.2, 0.25) is 11.1 Å². The van der Waals surface area contributed by atoms with E-state index in [1.165, 1.54) is 16.8 Å². The number of carbonyl (C=O) groups is 1. The number of tetrazole rings is 1. The fourth-order valence-electron chi connectivity index (χ4n) is 1.97. The molecule has 3 rings (SSSR count). The summed E-state index contributed by atoms with van der Waals surface area (Å²) in [5.74, 6) is -0.733. The van der Waals surface area contributed by atoms with Crippen LogP contribution in [0.1, 0.15) is 10.4 Å². The van der Waals surface area contributed by atoms with Crippen LogP contribution in [0.25, 0.3) is 5.69 Å². The van der Waals surface area contributed by atoms with Gasteiger partial charge in [0.1, 0.15) is 0 Å². The van der Waals surface area contributed by atoms with Gasteiger partial charge in [-0.25, -0.2) is 0 Å². The lowest BCUT2D eigenvalue weighted by molar-refractivity contribution is -0.387. The minimum Gasteiger partial charge on any atom is -0.366 e. The lowest BCUT2D eigenvalue weighted by atomic mass is 10.2. The molecule has 0 spiro atoms. The van der Waals surface area contributed by atoms with Crippen LogP contribution in [0.5, 0.6) is 0 Å². The van der Waals surface area contributed by atoms with Gasteiger partial charge in [0, 0.05) is 11.6 Å². The Balaban J connectivity index is 2.00. The van der Waals surface area contributed by atoms with E-state index in [0.29, 0.717) is 10.1 Å². The summed E-state index contributed by atoms with van der Waals surface area (Å²) in [6.07, 6.45) is 0. The summed E-state index contributed by atoms with van der Waals surface area (Å²) >= 11 is 1.02. The van der Waals surface area contributed by atoms with Crippen LogP contribution in [0.2, 0.25) is 0 Å². The van der Waals surface area contributed by atoms with Gasteiger partial charge in [0.15, 0.2) is 0 Å². The quantitative estimate of drug-likeness (QED) is 0.553. The van der Waals surface area contributed by atoms with Crippen LogP contribution in [0.4, 0.5) is 5.69 Å². The SMILES string of the molecule is NC(=O)c1ccc(Sc2nnnn2-c2ccccc2)c([N+](=O)[O-])c1. The first-order valence-electron chi connectivity index (χ1n) is 6.66. The molecule has 9 nitrogen and oxygen atoms in total. The molecule has 0 saturated carbocycles. The third kappa shape index (κ3) is 3.08. The van der Waals surface area contributed by atoms with Crippen molar-refractivity contribution in [2.75, 3.05) is 0 Å². The van der Waals surface area contributed by atoms with Crippen molar-refractivity contribution in [3.8, 4) is 5.69 Å². The second-order valence-electron chi connectivity index (χ2n) is 4.61. The number of nitro groups is 1. The van der Waals surface area contributed by atoms with Crippen molar-refractivity contribution in [2.24, 2.45) is 5.73 Å². The van der Waals surface area contributed by atoms with Gasteiger partial charge in [-0.2, -0.15) is 4.68 Å². The summed E-state index contributed by atoms with van der Waals surface area (Å²) in [5.41, 5.74) is 5.71. The molecule has 1 amide bonds. The molecule has 10 heteroatoms.